The first-order valence-electron chi connectivity index (χ1n) is 7.61. The number of imidazole rings is 1. The summed E-state index contributed by atoms with van der Waals surface area (Å²) in [6.07, 6.45) is 1.25. The van der Waals surface area contributed by atoms with Crippen LogP contribution < -0.4 is 5.43 Å². The Labute approximate surface area is 149 Å². The molecule has 0 radical (unpaired) electrons. The van der Waals surface area contributed by atoms with Crippen molar-refractivity contribution in [3.63, 3.8) is 0 Å². The molecule has 136 valence electrons. The van der Waals surface area contributed by atoms with Crippen molar-refractivity contribution in [1.29, 1.82) is 0 Å². The van der Waals surface area contributed by atoms with E-state index in [2.05, 4.69) is 14.7 Å². The number of carboxylic acid groups (broad SMARTS) is 1. The van der Waals surface area contributed by atoms with Gasteiger partial charge in [0.1, 0.15) is 23.2 Å². The summed E-state index contributed by atoms with van der Waals surface area (Å²) in [6, 6.07) is 2.43. The maximum atomic E-state index is 12.8. The Morgan fingerprint density at radius 3 is 2.48 bits per heavy atom. The lowest BCUT2D eigenvalue weighted by molar-refractivity contribution is 0.0584. The molecule has 0 aliphatic heterocycles. The molecule has 3 heterocycles. The van der Waals surface area contributed by atoms with Crippen LogP contribution in [0.1, 0.15) is 31.3 Å². The van der Waals surface area contributed by atoms with E-state index in [0.29, 0.717) is 0 Å². The van der Waals surface area contributed by atoms with Gasteiger partial charge in [-0.15, -0.1) is 0 Å². The number of aromatic carboxylic acids is 1. The highest BCUT2D eigenvalue weighted by Crippen LogP contribution is 2.31. The molecule has 1 aromatic carbocycles. The van der Waals surface area contributed by atoms with Crippen LogP contribution in [0.2, 0.25) is 0 Å². The lowest BCUT2D eigenvalue weighted by atomic mass is 10.0. The van der Waals surface area contributed by atoms with E-state index < -0.39 is 23.3 Å². The van der Waals surface area contributed by atoms with Crippen molar-refractivity contribution in [2.75, 3.05) is 14.2 Å². The van der Waals surface area contributed by atoms with Gasteiger partial charge < -0.3 is 19.6 Å². The van der Waals surface area contributed by atoms with Crippen molar-refractivity contribution in [2.45, 2.75) is 0 Å². The van der Waals surface area contributed by atoms with Gasteiger partial charge in [-0.05, 0) is 12.1 Å². The number of hydrogen-bond donors (Lipinski definition) is 2. The van der Waals surface area contributed by atoms with Crippen LogP contribution >= 0.6 is 0 Å². The highest BCUT2D eigenvalue weighted by Gasteiger charge is 2.26. The van der Waals surface area contributed by atoms with E-state index in [1.54, 1.807) is 0 Å². The van der Waals surface area contributed by atoms with E-state index in [1.807, 2.05) is 0 Å². The number of pyridine rings is 1. The number of carbonyl (C=O) groups excluding carboxylic acids is 2. The summed E-state index contributed by atoms with van der Waals surface area (Å²) in [6.45, 7) is 0. The van der Waals surface area contributed by atoms with Crippen molar-refractivity contribution in [1.82, 2.24) is 14.4 Å². The Balaban J connectivity index is 2.29. The lowest BCUT2D eigenvalue weighted by Gasteiger charge is -2.10. The van der Waals surface area contributed by atoms with Crippen molar-refractivity contribution >= 4 is 45.2 Å². The quantitative estimate of drug-likeness (QED) is 0.510. The fourth-order valence-electron chi connectivity index (χ4n) is 3.20. The molecule has 0 aliphatic carbocycles. The molecule has 0 aliphatic rings. The van der Waals surface area contributed by atoms with E-state index in [0.717, 1.165) is 13.2 Å². The molecule has 0 fully saturated rings. The highest BCUT2D eigenvalue weighted by atomic mass is 16.5. The van der Waals surface area contributed by atoms with E-state index >= 15 is 0 Å². The van der Waals surface area contributed by atoms with Gasteiger partial charge in [0.25, 0.3) is 0 Å². The molecule has 0 saturated heterocycles. The third kappa shape index (κ3) is 2.09. The molecule has 27 heavy (non-hydrogen) atoms. The SMILES string of the molecule is COC(=O)c1cc2c(=O)c3ncn4c(C(=O)OC)cc(C(=O)O)c(c2[nH]1)c34. The van der Waals surface area contributed by atoms with Crippen LogP contribution in [-0.2, 0) is 9.47 Å². The number of hydrogen-bond acceptors (Lipinski definition) is 7. The molecule has 10 nitrogen and oxygen atoms in total. The van der Waals surface area contributed by atoms with Gasteiger partial charge in [-0.2, -0.15) is 0 Å². The van der Waals surface area contributed by atoms with Crippen LogP contribution in [0, 0.1) is 0 Å². The highest BCUT2D eigenvalue weighted by molar-refractivity contribution is 6.20. The summed E-state index contributed by atoms with van der Waals surface area (Å²) in [5.41, 5.74) is -0.586. The summed E-state index contributed by atoms with van der Waals surface area (Å²) in [5.74, 6) is -2.82. The largest absolute Gasteiger partial charge is 0.478 e. The van der Waals surface area contributed by atoms with Crippen LogP contribution in [-0.4, -0.2) is 51.6 Å². The van der Waals surface area contributed by atoms with Crippen molar-refractivity contribution in [2.24, 2.45) is 0 Å². The molecular formula is C17H11N3O7. The summed E-state index contributed by atoms with van der Waals surface area (Å²) in [5, 5.41) is 9.91. The smallest absolute Gasteiger partial charge is 0.355 e. The van der Waals surface area contributed by atoms with Crippen molar-refractivity contribution in [3.8, 4) is 0 Å². The molecule has 0 bridgehead atoms. The third-order valence-electron chi connectivity index (χ3n) is 4.37. The first-order chi connectivity index (χ1) is 12.9. The maximum absolute atomic E-state index is 12.8. The zero-order valence-electron chi connectivity index (χ0n) is 14.0. The van der Waals surface area contributed by atoms with Crippen molar-refractivity contribution in [3.05, 3.63) is 45.6 Å². The van der Waals surface area contributed by atoms with Crippen LogP contribution in [0.25, 0.3) is 27.3 Å². The van der Waals surface area contributed by atoms with Crippen LogP contribution in [0.5, 0.6) is 0 Å². The van der Waals surface area contributed by atoms with Gasteiger partial charge in [0.15, 0.2) is 0 Å². The normalized spacial score (nSPS) is 11.3. The number of benzene rings is 1. The predicted octanol–water partition coefficient (Wildman–Crippen LogP) is 1.04. The number of methoxy groups -OCH3 is 2. The molecule has 3 aromatic heterocycles. The van der Waals surface area contributed by atoms with E-state index in [1.165, 1.54) is 23.9 Å². The number of ether oxygens (including phenoxy) is 2. The summed E-state index contributed by atoms with van der Waals surface area (Å²) < 4.78 is 10.6. The molecule has 4 rings (SSSR count). The Kier molecular flexibility index (Phi) is 3.38. The van der Waals surface area contributed by atoms with Gasteiger partial charge in [0, 0.05) is 5.39 Å². The fourth-order valence-corrected chi connectivity index (χ4v) is 3.20. The topological polar surface area (TPSA) is 140 Å². The number of esters is 2. The second kappa shape index (κ2) is 5.53. The molecule has 10 heteroatoms. The Morgan fingerprint density at radius 1 is 1.15 bits per heavy atom. The third-order valence-corrected chi connectivity index (χ3v) is 4.37. The molecule has 0 spiro atoms. The Morgan fingerprint density at radius 2 is 1.85 bits per heavy atom. The van der Waals surface area contributed by atoms with Crippen molar-refractivity contribution < 1.29 is 29.0 Å². The monoisotopic (exact) mass is 369 g/mol. The summed E-state index contributed by atoms with van der Waals surface area (Å²) in [4.78, 5) is 55.3. The number of H-pyrrole nitrogens is 1. The van der Waals surface area contributed by atoms with Crippen LogP contribution in [0.3, 0.4) is 0 Å². The Bertz CT molecular complexity index is 1330. The number of fused-ring (bicyclic) bond motifs is 2. The molecule has 2 N–H and O–H groups in total. The van der Waals surface area contributed by atoms with Gasteiger partial charge in [-0.3, -0.25) is 9.20 Å². The zero-order valence-corrected chi connectivity index (χ0v) is 14.0. The van der Waals surface area contributed by atoms with Gasteiger partial charge in [-0.1, -0.05) is 0 Å². The predicted molar refractivity (Wildman–Crippen MR) is 91.6 cm³/mol. The van der Waals surface area contributed by atoms with Gasteiger partial charge >= 0.3 is 17.9 Å². The molecular weight excluding hydrogens is 358 g/mol. The van der Waals surface area contributed by atoms with Crippen LogP contribution in [0.15, 0.2) is 23.3 Å². The second-order valence-corrected chi connectivity index (χ2v) is 5.72. The summed E-state index contributed by atoms with van der Waals surface area (Å²) >= 11 is 0. The van der Waals surface area contributed by atoms with Gasteiger partial charge in [-0.25, -0.2) is 19.4 Å². The van der Waals surface area contributed by atoms with E-state index in [9.17, 15) is 24.3 Å². The number of aromatic amines is 1. The van der Waals surface area contributed by atoms with Gasteiger partial charge in [0.2, 0.25) is 5.43 Å². The molecule has 0 saturated carbocycles. The fraction of sp³-hybridized carbons (Fsp3) is 0.118. The minimum atomic E-state index is -1.32. The minimum Gasteiger partial charge on any atom is -0.478 e. The molecule has 0 amide bonds. The van der Waals surface area contributed by atoms with E-state index in [-0.39, 0.29) is 44.3 Å². The van der Waals surface area contributed by atoms with Gasteiger partial charge in [0.05, 0.1) is 36.2 Å². The molecule has 0 unspecified atom stereocenters. The average molecular weight is 369 g/mol. The molecule has 4 aromatic rings. The average Bonchev–Trinajstić information content (AvgIpc) is 3.29. The standard InChI is InChI=1S/C17H11N3O7/c1-26-16(24)8-3-7-11(19-8)10-6(15(22)23)4-9(17(25)27-2)20-5-18-12(13(10)20)14(7)21/h3-5,19H,1-2H3,(H,22,23). The van der Waals surface area contributed by atoms with Crippen LogP contribution in [0.4, 0.5) is 0 Å². The minimum absolute atomic E-state index is 0.00691. The summed E-state index contributed by atoms with van der Waals surface area (Å²) in [7, 11) is 2.34. The zero-order chi connectivity index (χ0) is 19.5. The number of aromatic nitrogens is 3. The second-order valence-electron chi connectivity index (χ2n) is 5.72. The lowest BCUT2D eigenvalue weighted by Crippen LogP contribution is -2.13. The number of carbonyl (C=O) groups is 3. The number of rotatable bonds is 3. The van der Waals surface area contributed by atoms with E-state index in [4.69, 9.17) is 4.74 Å². The number of nitrogens with one attached hydrogen (secondary N) is 1. The first-order valence-corrected chi connectivity index (χ1v) is 7.61. The maximum Gasteiger partial charge on any atom is 0.355 e. The first kappa shape index (κ1) is 16.5. The number of nitrogens with zero attached hydrogens (tertiary/aromatic N) is 2. The molecule has 0 atom stereocenters. The number of carboxylic acids is 1. The Hall–Kier alpha value is -3.95.